The first-order chi connectivity index (χ1) is 19.1. The van der Waals surface area contributed by atoms with E-state index in [0.29, 0.717) is 24.1 Å². The third-order valence-electron chi connectivity index (χ3n) is 8.99. The summed E-state index contributed by atoms with van der Waals surface area (Å²) >= 11 is 6.41. The first-order valence-corrected chi connectivity index (χ1v) is 15.3. The van der Waals surface area contributed by atoms with Gasteiger partial charge in [-0.25, -0.2) is 4.79 Å². The molecular weight excluding hydrogens is 524 g/mol. The standard InChI is InChI=1S/C33H43ClN2O4/c1-33(2,3)27-28(35-19-24-18-25(34)16-17-26(24)40-20-21-14-15-21)29(22-10-6-4-7-11-22)36(30(27)32(38)39)31(37)23-12-8-5-9-13-23/h4,6-7,10-11,16-18,21,23,27-30,35H,5,8-9,12-15,19-20H2,1-3H3,(H,38,39)/t27-,28-,29-,30-/m0/s1. The molecule has 2 aliphatic carbocycles. The van der Waals surface area contributed by atoms with Gasteiger partial charge in [-0.1, -0.05) is 82.0 Å². The molecule has 1 amide bonds. The maximum atomic E-state index is 14.2. The Hall–Kier alpha value is -2.57. The number of ether oxygens (including phenoxy) is 1. The van der Waals surface area contributed by atoms with E-state index in [1.165, 1.54) is 12.8 Å². The molecule has 1 aliphatic heterocycles. The van der Waals surface area contributed by atoms with E-state index in [1.54, 1.807) is 4.90 Å². The van der Waals surface area contributed by atoms with Crippen LogP contribution in [-0.4, -0.2) is 40.6 Å². The molecule has 0 aromatic heterocycles. The Bertz CT molecular complexity index is 1190. The molecule has 0 unspecified atom stereocenters. The van der Waals surface area contributed by atoms with E-state index in [9.17, 15) is 14.7 Å². The van der Waals surface area contributed by atoms with Crippen molar-refractivity contribution < 1.29 is 19.4 Å². The van der Waals surface area contributed by atoms with Crippen LogP contribution in [-0.2, 0) is 16.1 Å². The lowest BCUT2D eigenvalue weighted by Gasteiger charge is -2.36. The Labute approximate surface area is 243 Å². The molecule has 4 atom stereocenters. The second-order valence-electron chi connectivity index (χ2n) is 13.0. The monoisotopic (exact) mass is 566 g/mol. The number of hydrogen-bond acceptors (Lipinski definition) is 4. The summed E-state index contributed by atoms with van der Waals surface area (Å²) in [4.78, 5) is 29.0. The Balaban J connectivity index is 1.53. The van der Waals surface area contributed by atoms with Gasteiger partial charge in [-0.3, -0.25) is 4.79 Å². The second-order valence-corrected chi connectivity index (χ2v) is 13.5. The topological polar surface area (TPSA) is 78.9 Å². The number of hydrogen-bond donors (Lipinski definition) is 2. The highest BCUT2D eigenvalue weighted by atomic mass is 35.5. The fourth-order valence-electron chi connectivity index (χ4n) is 6.83. The highest BCUT2D eigenvalue weighted by Crippen LogP contribution is 2.49. The van der Waals surface area contributed by atoms with Crippen LogP contribution < -0.4 is 10.1 Å². The molecule has 2 aromatic rings. The van der Waals surface area contributed by atoms with Gasteiger partial charge in [0.2, 0.25) is 5.91 Å². The molecule has 6 nitrogen and oxygen atoms in total. The fourth-order valence-corrected chi connectivity index (χ4v) is 7.03. The molecule has 7 heteroatoms. The predicted molar refractivity (Wildman–Crippen MR) is 157 cm³/mol. The average Bonchev–Trinajstić information content (AvgIpc) is 3.69. The summed E-state index contributed by atoms with van der Waals surface area (Å²) in [5.74, 6) is 0.0144. The summed E-state index contributed by atoms with van der Waals surface area (Å²) < 4.78 is 6.18. The molecule has 216 valence electrons. The first-order valence-electron chi connectivity index (χ1n) is 14.9. The summed E-state index contributed by atoms with van der Waals surface area (Å²) in [5.41, 5.74) is 1.52. The molecule has 40 heavy (non-hydrogen) atoms. The van der Waals surface area contributed by atoms with Crippen molar-refractivity contribution >= 4 is 23.5 Å². The molecule has 3 aliphatic rings. The molecule has 2 N–H and O–H groups in total. The van der Waals surface area contributed by atoms with E-state index < -0.39 is 18.1 Å². The molecular formula is C33H43ClN2O4. The smallest absolute Gasteiger partial charge is 0.326 e. The van der Waals surface area contributed by atoms with E-state index in [0.717, 1.165) is 49.0 Å². The second kappa shape index (κ2) is 12.1. The maximum absolute atomic E-state index is 14.2. The van der Waals surface area contributed by atoms with Gasteiger partial charge in [0.05, 0.1) is 12.6 Å². The highest BCUT2D eigenvalue weighted by molar-refractivity contribution is 6.30. The molecule has 0 bridgehead atoms. The van der Waals surface area contributed by atoms with Gasteiger partial charge in [0.15, 0.2) is 0 Å². The quantitative estimate of drug-likeness (QED) is 0.346. The minimum absolute atomic E-state index is 0.0179. The Morgan fingerprint density at radius 1 is 1.02 bits per heavy atom. The van der Waals surface area contributed by atoms with E-state index in [2.05, 4.69) is 26.1 Å². The number of amides is 1. The normalized spacial score (nSPS) is 25.6. The van der Waals surface area contributed by atoms with Gasteiger partial charge >= 0.3 is 5.97 Å². The van der Waals surface area contributed by atoms with Gasteiger partial charge in [0, 0.05) is 35.0 Å². The van der Waals surface area contributed by atoms with Crippen LogP contribution in [0.3, 0.4) is 0 Å². The van der Waals surface area contributed by atoms with Gasteiger partial charge < -0.3 is 20.1 Å². The van der Waals surface area contributed by atoms with Crippen molar-refractivity contribution in [3.8, 4) is 5.75 Å². The molecule has 2 saturated carbocycles. The minimum atomic E-state index is -0.939. The van der Waals surface area contributed by atoms with Crippen LogP contribution in [0.1, 0.15) is 82.9 Å². The van der Waals surface area contributed by atoms with Crippen molar-refractivity contribution in [1.29, 1.82) is 0 Å². The lowest BCUT2D eigenvalue weighted by atomic mass is 9.72. The Morgan fingerprint density at radius 2 is 1.73 bits per heavy atom. The molecule has 0 spiro atoms. The molecule has 0 radical (unpaired) electrons. The van der Waals surface area contributed by atoms with Crippen LogP contribution in [0.4, 0.5) is 0 Å². The molecule has 1 saturated heterocycles. The summed E-state index contributed by atoms with van der Waals surface area (Å²) in [6, 6.07) is 14.0. The van der Waals surface area contributed by atoms with Gasteiger partial charge in [-0.05, 0) is 60.8 Å². The number of benzene rings is 2. The Morgan fingerprint density at radius 3 is 2.35 bits per heavy atom. The van der Waals surface area contributed by atoms with Crippen molar-refractivity contribution in [2.45, 2.75) is 90.4 Å². The Kier molecular flexibility index (Phi) is 8.77. The summed E-state index contributed by atoms with van der Waals surface area (Å²) in [7, 11) is 0. The number of carboxylic acid groups (broad SMARTS) is 1. The highest BCUT2D eigenvalue weighted by Gasteiger charge is 2.58. The van der Waals surface area contributed by atoms with E-state index in [4.69, 9.17) is 16.3 Å². The third kappa shape index (κ3) is 6.33. The van der Waals surface area contributed by atoms with Gasteiger partial charge in [0.1, 0.15) is 11.8 Å². The number of nitrogens with zero attached hydrogens (tertiary/aromatic N) is 1. The largest absolute Gasteiger partial charge is 0.493 e. The van der Waals surface area contributed by atoms with Crippen molar-refractivity contribution in [3.63, 3.8) is 0 Å². The van der Waals surface area contributed by atoms with Gasteiger partial charge in [-0.15, -0.1) is 0 Å². The van der Waals surface area contributed by atoms with Crippen LogP contribution in [0.15, 0.2) is 48.5 Å². The molecule has 3 fully saturated rings. The number of nitrogens with one attached hydrogen (secondary N) is 1. The maximum Gasteiger partial charge on any atom is 0.326 e. The minimum Gasteiger partial charge on any atom is -0.493 e. The lowest BCUT2D eigenvalue weighted by molar-refractivity contribution is -0.154. The van der Waals surface area contributed by atoms with Gasteiger partial charge in [-0.2, -0.15) is 0 Å². The number of aliphatic carboxylic acids is 1. The van der Waals surface area contributed by atoms with E-state index in [-0.39, 0.29) is 29.2 Å². The van der Waals surface area contributed by atoms with Crippen LogP contribution in [0, 0.1) is 23.2 Å². The first kappa shape index (κ1) is 28.9. The van der Waals surface area contributed by atoms with Crippen LogP contribution in [0.5, 0.6) is 5.75 Å². The number of likely N-dealkylation sites (tertiary alicyclic amines) is 1. The third-order valence-corrected chi connectivity index (χ3v) is 9.23. The van der Waals surface area contributed by atoms with E-state index >= 15 is 0 Å². The summed E-state index contributed by atoms with van der Waals surface area (Å²) in [5, 5.41) is 15.1. The zero-order valence-electron chi connectivity index (χ0n) is 23.9. The SMILES string of the molecule is CC(C)(C)[C@H]1[C@H](NCc2cc(Cl)ccc2OCC2CC2)[C@H](c2ccccc2)N(C(=O)C2CCCCC2)[C@@H]1C(=O)O. The number of carboxylic acids is 1. The number of carbonyl (C=O) groups excluding carboxylic acids is 1. The summed E-state index contributed by atoms with van der Waals surface area (Å²) in [6.45, 7) is 7.41. The van der Waals surface area contributed by atoms with Crippen molar-refractivity contribution in [1.82, 2.24) is 10.2 Å². The van der Waals surface area contributed by atoms with Crippen molar-refractivity contribution in [3.05, 3.63) is 64.7 Å². The molecule has 1 heterocycles. The number of carbonyl (C=O) groups is 2. The molecule has 5 rings (SSSR count). The van der Waals surface area contributed by atoms with Crippen molar-refractivity contribution in [2.75, 3.05) is 6.61 Å². The lowest BCUT2D eigenvalue weighted by Crippen LogP contribution is -2.49. The van der Waals surface area contributed by atoms with Crippen LogP contribution >= 0.6 is 11.6 Å². The van der Waals surface area contributed by atoms with Crippen molar-refractivity contribution in [2.24, 2.45) is 23.2 Å². The summed E-state index contributed by atoms with van der Waals surface area (Å²) in [6.07, 6.45) is 7.22. The molecule has 2 aromatic carbocycles. The zero-order valence-corrected chi connectivity index (χ0v) is 24.7. The fraction of sp³-hybridized carbons (Fsp3) is 0.576. The zero-order chi connectivity index (χ0) is 28.4. The van der Waals surface area contributed by atoms with Crippen LogP contribution in [0.25, 0.3) is 0 Å². The van der Waals surface area contributed by atoms with E-state index in [1.807, 2.05) is 48.5 Å². The predicted octanol–water partition coefficient (Wildman–Crippen LogP) is 6.87. The number of halogens is 1. The van der Waals surface area contributed by atoms with Crippen LogP contribution in [0.2, 0.25) is 5.02 Å². The van der Waals surface area contributed by atoms with Gasteiger partial charge in [0.25, 0.3) is 0 Å². The number of rotatable bonds is 9. The average molecular weight is 567 g/mol.